The highest BCUT2D eigenvalue weighted by molar-refractivity contribution is 5.91. The van der Waals surface area contributed by atoms with Crippen LogP contribution in [-0.4, -0.2) is 39.7 Å². The molecule has 6 heteroatoms. The summed E-state index contributed by atoms with van der Waals surface area (Å²) >= 11 is 0. The zero-order chi connectivity index (χ0) is 18.3. The number of carbonyl (C=O) groups is 1. The zero-order valence-electron chi connectivity index (χ0n) is 15.3. The molecule has 0 radical (unpaired) electrons. The molecule has 0 bridgehead atoms. The van der Waals surface area contributed by atoms with Crippen molar-refractivity contribution >= 4 is 17.4 Å². The molecule has 1 fully saturated rings. The number of aromatic nitrogens is 2. The number of para-hydroxylation sites is 1. The minimum atomic E-state index is -0.298. The highest BCUT2D eigenvalue weighted by Gasteiger charge is 2.40. The van der Waals surface area contributed by atoms with Crippen molar-refractivity contribution < 1.29 is 4.79 Å². The first kappa shape index (κ1) is 16.8. The minimum absolute atomic E-state index is 0.158. The highest BCUT2D eigenvalue weighted by atomic mass is 16.2. The van der Waals surface area contributed by atoms with E-state index in [2.05, 4.69) is 18.1 Å². The van der Waals surface area contributed by atoms with Gasteiger partial charge < -0.3 is 9.80 Å². The van der Waals surface area contributed by atoms with Gasteiger partial charge in [-0.2, -0.15) is 5.10 Å². The van der Waals surface area contributed by atoms with Crippen LogP contribution in [0.5, 0.6) is 0 Å². The number of anilines is 2. The second-order valence-electron chi connectivity index (χ2n) is 7.22. The summed E-state index contributed by atoms with van der Waals surface area (Å²) in [5.74, 6) is 1.40. The van der Waals surface area contributed by atoms with Gasteiger partial charge in [0.15, 0.2) is 5.82 Å². The maximum Gasteiger partial charge on any atom is 0.266 e. The smallest absolute Gasteiger partial charge is 0.266 e. The Hall–Kier alpha value is -2.63. The first-order valence-corrected chi connectivity index (χ1v) is 9.28. The lowest BCUT2D eigenvalue weighted by Crippen LogP contribution is -2.45. The van der Waals surface area contributed by atoms with Crippen LogP contribution in [0.25, 0.3) is 0 Å². The minimum Gasteiger partial charge on any atom is -0.341 e. The number of nitrogens with zero attached hydrogens (tertiary/aromatic N) is 4. The lowest BCUT2D eigenvalue weighted by molar-refractivity contribution is -0.131. The van der Waals surface area contributed by atoms with Crippen LogP contribution in [0.15, 0.2) is 41.2 Å². The third-order valence-corrected chi connectivity index (χ3v) is 5.63. The molecule has 0 spiro atoms. The highest BCUT2D eigenvalue weighted by Crippen LogP contribution is 2.38. The third-order valence-electron chi connectivity index (χ3n) is 5.63. The van der Waals surface area contributed by atoms with E-state index in [0.717, 1.165) is 37.2 Å². The van der Waals surface area contributed by atoms with E-state index in [9.17, 15) is 9.59 Å². The van der Waals surface area contributed by atoms with Crippen molar-refractivity contribution in [3.05, 3.63) is 52.3 Å². The predicted molar refractivity (Wildman–Crippen MR) is 101 cm³/mol. The van der Waals surface area contributed by atoms with Crippen LogP contribution in [0.1, 0.15) is 25.3 Å². The SMILES string of the molecule is CCC1CCN(C(=O)[C@@H]2Cc3ccccc3N2c2ccc(=O)n(C)n2)C1. The second kappa shape index (κ2) is 6.59. The number of carbonyl (C=O) groups excluding carboxylic acids is 1. The Morgan fingerprint density at radius 1 is 1.23 bits per heavy atom. The number of hydrogen-bond acceptors (Lipinski definition) is 4. The standard InChI is InChI=1S/C20H24N4O2/c1-3-14-10-11-23(13-14)20(26)17-12-15-6-4-5-7-16(15)24(17)18-8-9-19(25)22(2)21-18/h4-9,14,17H,3,10-13H2,1-2H3/t14?,17-/m0/s1. The van der Waals surface area contributed by atoms with Crippen LogP contribution in [0.3, 0.4) is 0 Å². The Balaban J connectivity index is 1.70. The van der Waals surface area contributed by atoms with Crippen molar-refractivity contribution in [1.29, 1.82) is 0 Å². The molecule has 26 heavy (non-hydrogen) atoms. The van der Waals surface area contributed by atoms with Crippen molar-refractivity contribution in [2.75, 3.05) is 18.0 Å². The quantitative estimate of drug-likeness (QED) is 0.849. The van der Waals surface area contributed by atoms with Gasteiger partial charge in [-0.3, -0.25) is 9.59 Å². The largest absolute Gasteiger partial charge is 0.341 e. The van der Waals surface area contributed by atoms with Gasteiger partial charge in [0.1, 0.15) is 6.04 Å². The summed E-state index contributed by atoms with van der Waals surface area (Å²) in [4.78, 5) is 29.0. The number of amides is 1. The van der Waals surface area contributed by atoms with Crippen molar-refractivity contribution in [1.82, 2.24) is 14.7 Å². The lowest BCUT2D eigenvalue weighted by Gasteiger charge is -2.29. The van der Waals surface area contributed by atoms with E-state index in [4.69, 9.17) is 0 Å². The van der Waals surface area contributed by atoms with E-state index in [0.29, 0.717) is 18.2 Å². The molecule has 1 amide bonds. The first-order valence-electron chi connectivity index (χ1n) is 9.28. The number of hydrogen-bond donors (Lipinski definition) is 0. The van der Waals surface area contributed by atoms with E-state index in [1.807, 2.05) is 28.0 Å². The summed E-state index contributed by atoms with van der Waals surface area (Å²) in [6, 6.07) is 11.0. The summed E-state index contributed by atoms with van der Waals surface area (Å²) in [5.41, 5.74) is 1.99. The van der Waals surface area contributed by atoms with Crippen LogP contribution in [-0.2, 0) is 18.3 Å². The molecule has 1 aromatic carbocycles. The molecule has 1 aromatic heterocycles. The molecule has 2 aliphatic rings. The average molecular weight is 352 g/mol. The maximum atomic E-state index is 13.3. The predicted octanol–water partition coefficient (Wildman–Crippen LogP) is 2.10. The molecule has 136 valence electrons. The summed E-state index contributed by atoms with van der Waals surface area (Å²) in [6.07, 6.45) is 2.87. The molecule has 1 saturated heterocycles. The third kappa shape index (κ3) is 2.79. The van der Waals surface area contributed by atoms with E-state index >= 15 is 0 Å². The first-order chi connectivity index (χ1) is 12.6. The van der Waals surface area contributed by atoms with Crippen LogP contribution in [0.4, 0.5) is 11.5 Å². The van der Waals surface area contributed by atoms with Gasteiger partial charge in [-0.25, -0.2) is 4.68 Å². The van der Waals surface area contributed by atoms with Gasteiger partial charge in [-0.1, -0.05) is 31.5 Å². The molecule has 2 aromatic rings. The van der Waals surface area contributed by atoms with Gasteiger partial charge in [-0.05, 0) is 30.0 Å². The Bertz CT molecular complexity index is 891. The molecule has 3 heterocycles. The molecule has 1 unspecified atom stereocenters. The average Bonchev–Trinajstić information content (AvgIpc) is 3.28. The van der Waals surface area contributed by atoms with E-state index in [1.54, 1.807) is 13.1 Å². The number of benzene rings is 1. The van der Waals surface area contributed by atoms with Gasteiger partial charge >= 0.3 is 0 Å². The van der Waals surface area contributed by atoms with E-state index < -0.39 is 0 Å². The van der Waals surface area contributed by atoms with E-state index in [1.165, 1.54) is 10.7 Å². The topological polar surface area (TPSA) is 58.4 Å². The summed E-state index contributed by atoms with van der Waals surface area (Å²) < 4.78 is 1.32. The lowest BCUT2D eigenvalue weighted by atomic mass is 10.1. The monoisotopic (exact) mass is 352 g/mol. The maximum absolute atomic E-state index is 13.3. The molecule has 0 N–H and O–H groups in total. The van der Waals surface area contributed by atoms with E-state index in [-0.39, 0.29) is 17.5 Å². The number of fused-ring (bicyclic) bond motifs is 1. The summed E-state index contributed by atoms with van der Waals surface area (Å²) in [6.45, 7) is 3.86. The van der Waals surface area contributed by atoms with Crippen molar-refractivity contribution in [2.45, 2.75) is 32.2 Å². The zero-order valence-corrected chi connectivity index (χ0v) is 15.3. The molecule has 2 atom stereocenters. The molecule has 0 saturated carbocycles. The van der Waals surface area contributed by atoms with Gasteiger partial charge in [0.25, 0.3) is 5.56 Å². The number of rotatable bonds is 3. The van der Waals surface area contributed by atoms with Gasteiger partial charge in [0, 0.05) is 38.3 Å². The van der Waals surface area contributed by atoms with Crippen molar-refractivity contribution in [3.63, 3.8) is 0 Å². The Morgan fingerprint density at radius 2 is 2.04 bits per heavy atom. The molecule has 6 nitrogen and oxygen atoms in total. The Labute approximate surface area is 153 Å². The molecule has 2 aliphatic heterocycles. The normalized spacial score (nSPS) is 21.9. The van der Waals surface area contributed by atoms with Gasteiger partial charge in [0.05, 0.1) is 0 Å². The van der Waals surface area contributed by atoms with Crippen LogP contribution < -0.4 is 10.5 Å². The van der Waals surface area contributed by atoms with Gasteiger partial charge in [0.2, 0.25) is 5.91 Å². The van der Waals surface area contributed by atoms with Crippen molar-refractivity contribution in [3.8, 4) is 0 Å². The molecule has 4 rings (SSSR count). The van der Waals surface area contributed by atoms with Crippen LogP contribution >= 0.6 is 0 Å². The fraction of sp³-hybridized carbons (Fsp3) is 0.450. The second-order valence-corrected chi connectivity index (χ2v) is 7.22. The molecule has 0 aliphatic carbocycles. The fourth-order valence-corrected chi connectivity index (χ4v) is 4.06. The molecular weight excluding hydrogens is 328 g/mol. The summed E-state index contributed by atoms with van der Waals surface area (Å²) in [7, 11) is 1.64. The fourth-order valence-electron chi connectivity index (χ4n) is 4.06. The van der Waals surface area contributed by atoms with Crippen molar-refractivity contribution in [2.24, 2.45) is 13.0 Å². The van der Waals surface area contributed by atoms with Crippen LogP contribution in [0, 0.1) is 5.92 Å². The Kier molecular flexibility index (Phi) is 4.26. The number of likely N-dealkylation sites (tertiary alicyclic amines) is 1. The molecular formula is C20H24N4O2. The number of aryl methyl sites for hydroxylation is 1. The Morgan fingerprint density at radius 3 is 2.77 bits per heavy atom. The summed E-state index contributed by atoms with van der Waals surface area (Å²) in [5, 5.41) is 4.40. The van der Waals surface area contributed by atoms with Gasteiger partial charge in [-0.15, -0.1) is 0 Å². The van der Waals surface area contributed by atoms with Crippen LogP contribution in [0.2, 0.25) is 0 Å².